The molecule has 0 radical (unpaired) electrons. The van der Waals surface area contributed by atoms with Crippen LogP contribution in [0.5, 0.6) is 0 Å². The monoisotopic (exact) mass is 159 g/mol. The van der Waals surface area contributed by atoms with Gasteiger partial charge in [-0.25, -0.2) is 4.39 Å². The van der Waals surface area contributed by atoms with Gasteiger partial charge in [-0.15, -0.1) is 0 Å². The third-order valence-corrected chi connectivity index (χ3v) is 2.79. The Kier molecular flexibility index (Phi) is 2.88. The highest BCUT2D eigenvalue weighted by molar-refractivity contribution is 4.82. The van der Waals surface area contributed by atoms with E-state index in [1.165, 1.54) is 0 Å². The molecule has 1 nitrogen and oxygen atoms in total. The van der Waals surface area contributed by atoms with Crippen LogP contribution < -0.4 is 0 Å². The number of nitrogens with zero attached hydrogens (tertiary/aromatic N) is 1. The Balaban J connectivity index is 2.48. The van der Waals surface area contributed by atoms with E-state index in [4.69, 9.17) is 0 Å². The summed E-state index contributed by atoms with van der Waals surface area (Å²) in [7, 11) is 2.09. The number of alkyl halides is 1. The van der Waals surface area contributed by atoms with E-state index < -0.39 is 6.17 Å². The van der Waals surface area contributed by atoms with Crippen molar-refractivity contribution in [3.8, 4) is 0 Å². The molecule has 1 aliphatic rings. The Bertz CT molecular complexity index is 127. The van der Waals surface area contributed by atoms with Gasteiger partial charge in [-0.3, -0.25) is 0 Å². The van der Waals surface area contributed by atoms with Gasteiger partial charge in [0.1, 0.15) is 6.17 Å². The van der Waals surface area contributed by atoms with Crippen LogP contribution in [-0.2, 0) is 0 Å². The van der Waals surface area contributed by atoms with Crippen LogP contribution in [0.25, 0.3) is 0 Å². The van der Waals surface area contributed by atoms with Gasteiger partial charge in [0.2, 0.25) is 0 Å². The molecule has 2 heteroatoms. The molecule has 0 aromatic rings. The van der Waals surface area contributed by atoms with Crippen molar-refractivity contribution >= 4 is 0 Å². The molecule has 0 aromatic carbocycles. The number of hydrogen-bond donors (Lipinski definition) is 0. The Morgan fingerprint density at radius 3 is 2.73 bits per heavy atom. The molecule has 1 saturated heterocycles. The summed E-state index contributed by atoms with van der Waals surface area (Å²) in [5, 5.41) is 0. The molecular weight excluding hydrogens is 141 g/mol. The van der Waals surface area contributed by atoms with Crippen molar-refractivity contribution in [1.29, 1.82) is 0 Å². The molecule has 0 N–H and O–H groups in total. The maximum Gasteiger partial charge on any atom is 0.105 e. The van der Waals surface area contributed by atoms with E-state index in [1.807, 2.05) is 6.92 Å². The number of rotatable bonds is 1. The number of likely N-dealkylation sites (tertiary alicyclic amines) is 1. The third-order valence-electron chi connectivity index (χ3n) is 2.79. The predicted octanol–water partition coefficient (Wildman–Crippen LogP) is 2.07. The first kappa shape index (κ1) is 8.98. The second-order valence-electron chi connectivity index (χ2n) is 3.73. The first-order chi connectivity index (χ1) is 5.15. The zero-order chi connectivity index (χ0) is 8.43. The highest BCUT2D eigenvalue weighted by Gasteiger charge is 2.29. The lowest BCUT2D eigenvalue weighted by molar-refractivity contribution is 0.0647. The van der Waals surface area contributed by atoms with Crippen molar-refractivity contribution in [2.45, 2.75) is 38.9 Å². The minimum Gasteiger partial charge on any atom is -0.303 e. The summed E-state index contributed by atoms with van der Waals surface area (Å²) >= 11 is 0. The molecule has 0 amide bonds. The smallest absolute Gasteiger partial charge is 0.105 e. The lowest BCUT2D eigenvalue weighted by Crippen LogP contribution is -2.44. The van der Waals surface area contributed by atoms with E-state index in [-0.39, 0.29) is 5.92 Å². The highest BCUT2D eigenvalue weighted by Crippen LogP contribution is 2.24. The number of halogens is 1. The van der Waals surface area contributed by atoms with Crippen LogP contribution in [0.4, 0.5) is 4.39 Å². The molecule has 0 aromatic heterocycles. The highest BCUT2D eigenvalue weighted by atomic mass is 19.1. The largest absolute Gasteiger partial charge is 0.303 e. The molecule has 0 aliphatic carbocycles. The minimum absolute atomic E-state index is 0.225. The SMILES string of the molecule is CCC1CC(F)C(C)CN1C. The fourth-order valence-corrected chi connectivity index (χ4v) is 1.87. The number of hydrogen-bond acceptors (Lipinski definition) is 1. The van der Waals surface area contributed by atoms with Crippen LogP contribution in [0.3, 0.4) is 0 Å². The summed E-state index contributed by atoms with van der Waals surface area (Å²) in [6.45, 7) is 5.04. The molecule has 1 rings (SSSR count). The topological polar surface area (TPSA) is 3.24 Å². The van der Waals surface area contributed by atoms with Gasteiger partial charge in [-0.05, 0) is 19.9 Å². The van der Waals surface area contributed by atoms with Gasteiger partial charge in [0.05, 0.1) is 0 Å². The van der Waals surface area contributed by atoms with Crippen LogP contribution >= 0.6 is 0 Å². The van der Waals surface area contributed by atoms with E-state index >= 15 is 0 Å². The normalized spacial score (nSPS) is 40.9. The average Bonchev–Trinajstić information content (AvgIpc) is 1.97. The van der Waals surface area contributed by atoms with Crippen molar-refractivity contribution in [2.75, 3.05) is 13.6 Å². The van der Waals surface area contributed by atoms with Crippen LogP contribution in [-0.4, -0.2) is 30.7 Å². The van der Waals surface area contributed by atoms with Crippen LogP contribution in [0.15, 0.2) is 0 Å². The molecule has 11 heavy (non-hydrogen) atoms. The molecular formula is C9H18FN. The molecule has 1 fully saturated rings. The average molecular weight is 159 g/mol. The van der Waals surface area contributed by atoms with E-state index in [0.717, 1.165) is 19.4 Å². The minimum atomic E-state index is -0.573. The van der Waals surface area contributed by atoms with Gasteiger partial charge in [0.15, 0.2) is 0 Å². The van der Waals surface area contributed by atoms with Gasteiger partial charge < -0.3 is 4.90 Å². The fourth-order valence-electron chi connectivity index (χ4n) is 1.87. The van der Waals surface area contributed by atoms with Crippen LogP contribution in [0.2, 0.25) is 0 Å². The first-order valence-electron chi connectivity index (χ1n) is 4.49. The summed E-state index contributed by atoms with van der Waals surface area (Å²) in [5.41, 5.74) is 0. The summed E-state index contributed by atoms with van der Waals surface area (Å²) < 4.78 is 13.2. The summed E-state index contributed by atoms with van der Waals surface area (Å²) in [6, 6.07) is 0.473. The molecule has 0 saturated carbocycles. The van der Waals surface area contributed by atoms with Crippen molar-refractivity contribution in [1.82, 2.24) is 4.90 Å². The zero-order valence-electron chi connectivity index (χ0n) is 7.68. The maximum absolute atomic E-state index is 13.2. The Morgan fingerprint density at radius 2 is 2.18 bits per heavy atom. The Hall–Kier alpha value is -0.110. The van der Waals surface area contributed by atoms with E-state index in [0.29, 0.717) is 6.04 Å². The Morgan fingerprint density at radius 1 is 1.55 bits per heavy atom. The first-order valence-corrected chi connectivity index (χ1v) is 4.49. The van der Waals surface area contributed by atoms with Gasteiger partial charge in [-0.1, -0.05) is 13.8 Å². The fraction of sp³-hybridized carbons (Fsp3) is 1.00. The van der Waals surface area contributed by atoms with Crippen LogP contribution in [0.1, 0.15) is 26.7 Å². The number of piperidine rings is 1. The van der Waals surface area contributed by atoms with Crippen molar-refractivity contribution in [3.63, 3.8) is 0 Å². The van der Waals surface area contributed by atoms with Gasteiger partial charge in [0, 0.05) is 18.5 Å². The van der Waals surface area contributed by atoms with Crippen molar-refractivity contribution in [3.05, 3.63) is 0 Å². The molecule has 0 spiro atoms. The second-order valence-corrected chi connectivity index (χ2v) is 3.73. The Labute approximate surface area is 68.6 Å². The summed E-state index contributed by atoms with van der Waals surface area (Å²) in [6.07, 6.45) is 1.23. The summed E-state index contributed by atoms with van der Waals surface area (Å²) in [5.74, 6) is 0.225. The molecule has 66 valence electrons. The molecule has 1 heterocycles. The maximum atomic E-state index is 13.2. The van der Waals surface area contributed by atoms with Crippen molar-refractivity contribution in [2.24, 2.45) is 5.92 Å². The van der Waals surface area contributed by atoms with E-state index in [9.17, 15) is 4.39 Å². The van der Waals surface area contributed by atoms with E-state index in [2.05, 4.69) is 18.9 Å². The second kappa shape index (κ2) is 3.53. The van der Waals surface area contributed by atoms with Crippen LogP contribution in [0, 0.1) is 5.92 Å². The third kappa shape index (κ3) is 1.92. The molecule has 3 unspecified atom stereocenters. The quantitative estimate of drug-likeness (QED) is 0.566. The predicted molar refractivity (Wildman–Crippen MR) is 45.4 cm³/mol. The van der Waals surface area contributed by atoms with E-state index in [1.54, 1.807) is 0 Å². The zero-order valence-corrected chi connectivity index (χ0v) is 7.68. The lowest BCUT2D eigenvalue weighted by Gasteiger charge is -2.37. The van der Waals surface area contributed by atoms with Gasteiger partial charge >= 0.3 is 0 Å². The lowest BCUT2D eigenvalue weighted by atomic mass is 9.91. The molecule has 0 bridgehead atoms. The standard InChI is InChI=1S/C9H18FN/c1-4-8-5-9(10)7(2)6-11(8)3/h7-9H,4-6H2,1-3H3. The molecule has 3 atom stereocenters. The summed E-state index contributed by atoms with van der Waals surface area (Å²) in [4.78, 5) is 2.28. The van der Waals surface area contributed by atoms with Crippen molar-refractivity contribution < 1.29 is 4.39 Å². The van der Waals surface area contributed by atoms with Gasteiger partial charge in [0.25, 0.3) is 0 Å². The molecule has 1 aliphatic heterocycles. The van der Waals surface area contributed by atoms with Gasteiger partial charge in [-0.2, -0.15) is 0 Å².